The van der Waals surface area contributed by atoms with Gasteiger partial charge in [0.2, 0.25) is 5.91 Å². The van der Waals surface area contributed by atoms with Crippen molar-refractivity contribution >= 4 is 46.2 Å². The smallest absolute Gasteiger partial charge is 0.266 e. The molecule has 1 saturated heterocycles. The summed E-state index contributed by atoms with van der Waals surface area (Å²) in [5.41, 5.74) is 2.15. The van der Waals surface area contributed by atoms with E-state index in [1.807, 2.05) is 37.3 Å². The van der Waals surface area contributed by atoms with Crippen molar-refractivity contribution < 1.29 is 9.59 Å². The highest BCUT2D eigenvalue weighted by atomic mass is 32.2. The molecule has 0 aliphatic carbocycles. The lowest BCUT2D eigenvalue weighted by molar-refractivity contribution is -0.123. The standard InChI is InChI=1S/C18H22N2O2S2/c1-3-4-10-19-16(21)9-11-20-17(22)15(24-18(20)23)12-14-7-5-13(2)6-8-14/h5-8,12H,3-4,9-11H2,1-2H3,(H,19,21). The number of rotatable bonds is 7. The molecule has 0 saturated carbocycles. The summed E-state index contributed by atoms with van der Waals surface area (Å²) in [6.45, 7) is 5.11. The zero-order valence-electron chi connectivity index (χ0n) is 14.0. The summed E-state index contributed by atoms with van der Waals surface area (Å²) in [5, 5.41) is 2.85. The lowest BCUT2D eigenvalue weighted by Gasteiger charge is -2.14. The van der Waals surface area contributed by atoms with Crippen LogP contribution in [0.2, 0.25) is 0 Å². The van der Waals surface area contributed by atoms with Crippen molar-refractivity contribution in [1.29, 1.82) is 0 Å². The Balaban J connectivity index is 1.93. The van der Waals surface area contributed by atoms with Crippen LogP contribution in [0.4, 0.5) is 0 Å². The fourth-order valence-corrected chi connectivity index (χ4v) is 3.52. The number of unbranched alkanes of at least 4 members (excludes halogenated alkanes) is 1. The van der Waals surface area contributed by atoms with Crippen LogP contribution in [0.1, 0.15) is 37.3 Å². The number of carbonyl (C=O) groups excluding carboxylic acids is 2. The van der Waals surface area contributed by atoms with Gasteiger partial charge in [0.1, 0.15) is 4.32 Å². The lowest BCUT2D eigenvalue weighted by Crippen LogP contribution is -2.33. The van der Waals surface area contributed by atoms with E-state index in [4.69, 9.17) is 12.2 Å². The van der Waals surface area contributed by atoms with Crippen molar-refractivity contribution in [3.05, 3.63) is 40.3 Å². The summed E-state index contributed by atoms with van der Waals surface area (Å²) in [6.07, 6.45) is 4.12. The van der Waals surface area contributed by atoms with E-state index in [0.29, 0.717) is 22.3 Å². The van der Waals surface area contributed by atoms with Crippen LogP contribution in [0, 0.1) is 6.92 Å². The second-order valence-corrected chi connectivity index (χ2v) is 7.37. The number of hydrogen-bond acceptors (Lipinski definition) is 4. The van der Waals surface area contributed by atoms with Gasteiger partial charge in [-0.25, -0.2) is 0 Å². The molecular weight excluding hydrogens is 340 g/mol. The number of carbonyl (C=O) groups is 2. The van der Waals surface area contributed by atoms with Crippen LogP contribution < -0.4 is 5.32 Å². The van der Waals surface area contributed by atoms with E-state index in [-0.39, 0.29) is 18.2 Å². The van der Waals surface area contributed by atoms with Gasteiger partial charge in [-0.2, -0.15) is 0 Å². The molecule has 1 aliphatic rings. The molecule has 0 aromatic heterocycles. The Bertz CT molecular complexity index is 653. The number of amides is 2. The lowest BCUT2D eigenvalue weighted by atomic mass is 10.1. The summed E-state index contributed by atoms with van der Waals surface area (Å²) >= 11 is 6.58. The Hall–Kier alpha value is -1.66. The molecule has 1 N–H and O–H groups in total. The molecule has 4 nitrogen and oxygen atoms in total. The Morgan fingerprint density at radius 2 is 2.04 bits per heavy atom. The number of thiocarbonyl (C=S) groups is 1. The number of benzene rings is 1. The van der Waals surface area contributed by atoms with E-state index in [1.165, 1.54) is 22.2 Å². The Labute approximate surface area is 152 Å². The van der Waals surface area contributed by atoms with Crippen LogP contribution in [0.25, 0.3) is 6.08 Å². The fraction of sp³-hybridized carbons (Fsp3) is 0.389. The molecule has 2 rings (SSSR count). The Kier molecular flexibility index (Phi) is 6.99. The van der Waals surface area contributed by atoms with Gasteiger partial charge in [-0.15, -0.1) is 0 Å². The number of aryl methyl sites for hydroxylation is 1. The van der Waals surface area contributed by atoms with Crippen molar-refractivity contribution in [2.45, 2.75) is 33.1 Å². The highest BCUT2D eigenvalue weighted by Crippen LogP contribution is 2.32. The quantitative estimate of drug-likeness (QED) is 0.458. The summed E-state index contributed by atoms with van der Waals surface area (Å²) in [6, 6.07) is 7.96. The second-order valence-electron chi connectivity index (χ2n) is 5.70. The molecule has 1 aromatic rings. The van der Waals surface area contributed by atoms with Gasteiger partial charge in [-0.1, -0.05) is 67.2 Å². The zero-order valence-corrected chi connectivity index (χ0v) is 15.6. The SMILES string of the molecule is CCCCNC(=O)CCN1C(=O)C(=Cc2ccc(C)cc2)SC1=S. The van der Waals surface area contributed by atoms with E-state index in [1.54, 1.807) is 0 Å². The molecule has 0 bridgehead atoms. The maximum atomic E-state index is 12.5. The van der Waals surface area contributed by atoms with E-state index < -0.39 is 0 Å². The number of hydrogen-bond donors (Lipinski definition) is 1. The number of thioether (sulfide) groups is 1. The molecule has 1 heterocycles. The third-order valence-corrected chi connectivity index (χ3v) is 5.04. The number of nitrogens with zero attached hydrogens (tertiary/aromatic N) is 1. The first-order chi connectivity index (χ1) is 11.5. The molecule has 2 amide bonds. The third kappa shape index (κ3) is 5.18. The topological polar surface area (TPSA) is 49.4 Å². The summed E-state index contributed by atoms with van der Waals surface area (Å²) in [5.74, 6) is -0.160. The molecule has 0 radical (unpaired) electrons. The maximum Gasteiger partial charge on any atom is 0.266 e. The average molecular weight is 363 g/mol. The van der Waals surface area contributed by atoms with Gasteiger partial charge in [-0.05, 0) is 25.0 Å². The maximum absolute atomic E-state index is 12.5. The van der Waals surface area contributed by atoms with Gasteiger partial charge in [0, 0.05) is 19.5 Å². The van der Waals surface area contributed by atoms with E-state index in [0.717, 1.165) is 18.4 Å². The monoisotopic (exact) mass is 362 g/mol. The van der Waals surface area contributed by atoms with Gasteiger partial charge >= 0.3 is 0 Å². The predicted octanol–water partition coefficient (Wildman–Crippen LogP) is 3.50. The van der Waals surface area contributed by atoms with Crippen LogP contribution >= 0.6 is 24.0 Å². The van der Waals surface area contributed by atoms with E-state index >= 15 is 0 Å². The fourth-order valence-electron chi connectivity index (χ4n) is 2.21. The molecule has 1 aromatic carbocycles. The molecule has 0 spiro atoms. The third-order valence-electron chi connectivity index (χ3n) is 3.66. The van der Waals surface area contributed by atoms with Crippen molar-refractivity contribution in [2.24, 2.45) is 0 Å². The van der Waals surface area contributed by atoms with Crippen LogP contribution in [-0.2, 0) is 9.59 Å². The Morgan fingerprint density at radius 3 is 2.71 bits per heavy atom. The van der Waals surface area contributed by atoms with Gasteiger partial charge in [0.25, 0.3) is 5.91 Å². The zero-order chi connectivity index (χ0) is 17.5. The predicted molar refractivity (Wildman–Crippen MR) is 104 cm³/mol. The van der Waals surface area contributed by atoms with Gasteiger partial charge in [0.15, 0.2) is 0 Å². The summed E-state index contributed by atoms with van der Waals surface area (Å²) in [7, 11) is 0. The molecule has 1 aliphatic heterocycles. The minimum atomic E-state index is -0.119. The molecule has 0 unspecified atom stereocenters. The first-order valence-corrected chi connectivity index (χ1v) is 9.32. The van der Waals surface area contributed by atoms with Crippen molar-refractivity contribution in [3.63, 3.8) is 0 Å². The van der Waals surface area contributed by atoms with Gasteiger partial charge < -0.3 is 5.32 Å². The van der Waals surface area contributed by atoms with E-state index in [2.05, 4.69) is 12.2 Å². The van der Waals surface area contributed by atoms with Crippen molar-refractivity contribution in [1.82, 2.24) is 10.2 Å². The van der Waals surface area contributed by atoms with Gasteiger partial charge in [-0.3, -0.25) is 14.5 Å². The highest BCUT2D eigenvalue weighted by Gasteiger charge is 2.31. The summed E-state index contributed by atoms with van der Waals surface area (Å²) in [4.78, 5) is 26.4. The van der Waals surface area contributed by atoms with Crippen LogP contribution in [0.3, 0.4) is 0 Å². The molecule has 1 fully saturated rings. The first-order valence-electron chi connectivity index (χ1n) is 8.10. The van der Waals surface area contributed by atoms with Crippen LogP contribution in [-0.4, -0.2) is 34.1 Å². The average Bonchev–Trinajstić information content (AvgIpc) is 2.82. The Morgan fingerprint density at radius 1 is 1.33 bits per heavy atom. The van der Waals surface area contributed by atoms with Gasteiger partial charge in [0.05, 0.1) is 4.91 Å². The molecule has 0 atom stereocenters. The van der Waals surface area contributed by atoms with Crippen molar-refractivity contribution in [2.75, 3.05) is 13.1 Å². The minimum Gasteiger partial charge on any atom is -0.356 e. The van der Waals surface area contributed by atoms with Crippen molar-refractivity contribution in [3.8, 4) is 0 Å². The molecular formula is C18H22N2O2S2. The highest BCUT2D eigenvalue weighted by molar-refractivity contribution is 8.26. The normalized spacial score (nSPS) is 16.1. The molecule has 6 heteroatoms. The largest absolute Gasteiger partial charge is 0.356 e. The number of nitrogens with one attached hydrogen (secondary N) is 1. The van der Waals surface area contributed by atoms with Crippen LogP contribution in [0.5, 0.6) is 0 Å². The van der Waals surface area contributed by atoms with E-state index in [9.17, 15) is 9.59 Å². The molecule has 128 valence electrons. The minimum absolute atomic E-state index is 0.0417. The molecule has 24 heavy (non-hydrogen) atoms. The first kappa shape index (κ1) is 18.7. The van der Waals surface area contributed by atoms with Crippen LogP contribution in [0.15, 0.2) is 29.2 Å². The second kappa shape index (κ2) is 8.99. The summed E-state index contributed by atoms with van der Waals surface area (Å²) < 4.78 is 0.514.